The number of nitro groups is 1. The van der Waals surface area contributed by atoms with Crippen LogP contribution in [-0.4, -0.2) is 31.1 Å². The smallest absolute Gasteiger partial charge is 0.278 e. The predicted octanol–water partition coefficient (Wildman–Crippen LogP) is 0.841. The minimum Gasteiger partial charge on any atom is -0.322 e. The molecule has 1 heterocycles. The number of quaternary nitrogens is 2. The number of hydrogen-bond acceptors (Lipinski definition) is 2. The van der Waals surface area contributed by atoms with Crippen LogP contribution in [0.25, 0.3) is 0 Å². The molecule has 1 fully saturated rings. The standard InChI is InChI=1S/C18H20BrN3O2/c19-17-6-3-4-15(12-17)13-20-8-10-21(11-9-20)14-16-5-1-2-7-18(16)22(23)24/h1-7,12H,8-11,13-14H2/p+2. The molecule has 2 aromatic rings. The van der Waals surface area contributed by atoms with Crippen LogP contribution in [0.5, 0.6) is 0 Å². The maximum absolute atomic E-state index is 11.1. The van der Waals surface area contributed by atoms with Crippen molar-refractivity contribution in [2.24, 2.45) is 0 Å². The number of nitrogens with one attached hydrogen (secondary N) is 2. The van der Waals surface area contributed by atoms with Gasteiger partial charge >= 0.3 is 0 Å². The highest BCUT2D eigenvalue weighted by Crippen LogP contribution is 2.16. The second-order valence-electron chi connectivity index (χ2n) is 6.37. The predicted molar refractivity (Wildman–Crippen MR) is 96.0 cm³/mol. The van der Waals surface area contributed by atoms with Crippen LogP contribution in [-0.2, 0) is 13.1 Å². The maximum atomic E-state index is 11.1. The Hall–Kier alpha value is -1.76. The van der Waals surface area contributed by atoms with Gasteiger partial charge in [-0.3, -0.25) is 10.1 Å². The first-order valence-corrected chi connectivity index (χ1v) is 9.05. The summed E-state index contributed by atoms with van der Waals surface area (Å²) in [6, 6.07) is 15.6. The van der Waals surface area contributed by atoms with Crippen molar-refractivity contribution in [3.8, 4) is 0 Å². The molecule has 1 saturated heterocycles. The quantitative estimate of drug-likeness (QED) is 0.586. The zero-order valence-electron chi connectivity index (χ0n) is 13.5. The van der Waals surface area contributed by atoms with Gasteiger partial charge in [0.1, 0.15) is 39.3 Å². The van der Waals surface area contributed by atoms with Crippen molar-refractivity contribution >= 4 is 21.6 Å². The van der Waals surface area contributed by atoms with Gasteiger partial charge in [-0.25, -0.2) is 0 Å². The van der Waals surface area contributed by atoms with Crippen LogP contribution in [0.4, 0.5) is 5.69 Å². The highest BCUT2D eigenvalue weighted by atomic mass is 79.9. The van der Waals surface area contributed by atoms with Gasteiger partial charge in [0.2, 0.25) is 0 Å². The number of hydrogen-bond donors (Lipinski definition) is 2. The van der Waals surface area contributed by atoms with Crippen LogP contribution in [0.3, 0.4) is 0 Å². The number of piperazine rings is 1. The van der Waals surface area contributed by atoms with E-state index in [1.807, 2.05) is 18.2 Å². The van der Waals surface area contributed by atoms with E-state index in [9.17, 15) is 10.1 Å². The number of nitrogens with zero attached hydrogens (tertiary/aromatic N) is 1. The molecule has 0 bridgehead atoms. The van der Waals surface area contributed by atoms with Crippen LogP contribution < -0.4 is 9.80 Å². The maximum Gasteiger partial charge on any atom is 0.278 e. The second kappa shape index (κ2) is 7.88. The summed E-state index contributed by atoms with van der Waals surface area (Å²) in [5.74, 6) is 0. The molecule has 1 aliphatic heterocycles. The van der Waals surface area contributed by atoms with E-state index in [-0.39, 0.29) is 10.6 Å². The van der Waals surface area contributed by atoms with Crippen LogP contribution in [0.1, 0.15) is 11.1 Å². The topological polar surface area (TPSA) is 52.0 Å². The Morgan fingerprint density at radius 1 is 0.958 bits per heavy atom. The molecule has 0 spiro atoms. The highest BCUT2D eigenvalue weighted by molar-refractivity contribution is 9.10. The van der Waals surface area contributed by atoms with Gasteiger partial charge in [0.15, 0.2) is 0 Å². The van der Waals surface area contributed by atoms with Gasteiger partial charge in [-0.2, -0.15) is 0 Å². The number of halogens is 1. The summed E-state index contributed by atoms with van der Waals surface area (Å²) in [5.41, 5.74) is 2.43. The minimum absolute atomic E-state index is 0.244. The molecule has 5 nitrogen and oxygen atoms in total. The molecule has 3 rings (SSSR count). The molecule has 0 aromatic heterocycles. The molecule has 1 aliphatic rings. The number of para-hydroxylation sites is 1. The highest BCUT2D eigenvalue weighted by Gasteiger charge is 2.25. The molecule has 6 heteroatoms. The Balaban J connectivity index is 1.55. The minimum atomic E-state index is -0.274. The lowest BCUT2D eigenvalue weighted by molar-refractivity contribution is -1.02. The lowest BCUT2D eigenvalue weighted by Crippen LogP contribution is -3.27. The van der Waals surface area contributed by atoms with Crippen molar-refractivity contribution in [2.75, 3.05) is 26.2 Å². The molecule has 0 saturated carbocycles. The average Bonchev–Trinajstić information content (AvgIpc) is 2.57. The van der Waals surface area contributed by atoms with E-state index >= 15 is 0 Å². The monoisotopic (exact) mass is 391 g/mol. The fourth-order valence-corrected chi connectivity index (χ4v) is 3.80. The van der Waals surface area contributed by atoms with Crippen LogP contribution in [0.15, 0.2) is 53.0 Å². The molecule has 126 valence electrons. The summed E-state index contributed by atoms with van der Waals surface area (Å²) in [6.07, 6.45) is 0. The molecule has 0 radical (unpaired) electrons. The van der Waals surface area contributed by atoms with E-state index in [0.29, 0.717) is 0 Å². The van der Waals surface area contributed by atoms with Gasteiger partial charge in [0, 0.05) is 16.1 Å². The SMILES string of the molecule is O=[N+]([O-])c1ccccc1C[NH+]1CC[NH+](Cc2cccc(Br)c2)CC1. The summed E-state index contributed by atoms with van der Waals surface area (Å²) >= 11 is 3.52. The lowest BCUT2D eigenvalue weighted by atomic mass is 10.1. The van der Waals surface area contributed by atoms with Crippen molar-refractivity contribution in [1.82, 2.24) is 0 Å². The van der Waals surface area contributed by atoms with Gasteiger partial charge in [0.05, 0.1) is 10.5 Å². The fourth-order valence-electron chi connectivity index (χ4n) is 3.35. The van der Waals surface area contributed by atoms with E-state index in [0.717, 1.165) is 49.3 Å². The molecule has 0 atom stereocenters. The van der Waals surface area contributed by atoms with E-state index in [1.165, 1.54) is 10.5 Å². The molecule has 2 N–H and O–H groups in total. The van der Waals surface area contributed by atoms with E-state index in [4.69, 9.17) is 0 Å². The van der Waals surface area contributed by atoms with Gasteiger partial charge in [-0.1, -0.05) is 40.2 Å². The fraction of sp³-hybridized carbons (Fsp3) is 0.333. The number of nitro benzene ring substituents is 1. The normalized spacial score (nSPS) is 20.7. The summed E-state index contributed by atoms with van der Waals surface area (Å²) in [7, 11) is 0. The molecule has 0 amide bonds. The molecular formula is C18H22BrN3O2+2. The van der Waals surface area contributed by atoms with E-state index in [1.54, 1.807) is 17.0 Å². The number of rotatable bonds is 5. The van der Waals surface area contributed by atoms with Crippen molar-refractivity contribution in [3.63, 3.8) is 0 Å². The second-order valence-corrected chi connectivity index (χ2v) is 7.28. The molecule has 0 unspecified atom stereocenters. The summed E-state index contributed by atoms with van der Waals surface area (Å²) < 4.78 is 1.13. The Kier molecular flexibility index (Phi) is 5.60. The first-order valence-electron chi connectivity index (χ1n) is 8.25. The van der Waals surface area contributed by atoms with Crippen LogP contribution in [0.2, 0.25) is 0 Å². The third-order valence-corrected chi connectivity index (χ3v) is 5.13. The van der Waals surface area contributed by atoms with Gasteiger partial charge < -0.3 is 9.80 Å². The van der Waals surface area contributed by atoms with Gasteiger partial charge in [0.25, 0.3) is 5.69 Å². The number of benzene rings is 2. The van der Waals surface area contributed by atoms with Gasteiger partial charge in [-0.05, 0) is 18.2 Å². The Morgan fingerprint density at radius 3 is 2.29 bits per heavy atom. The van der Waals surface area contributed by atoms with Gasteiger partial charge in [-0.15, -0.1) is 0 Å². The van der Waals surface area contributed by atoms with Crippen LogP contribution in [0, 0.1) is 10.1 Å². The lowest BCUT2D eigenvalue weighted by Gasteiger charge is -2.29. The molecule has 0 aliphatic carbocycles. The van der Waals surface area contributed by atoms with Crippen molar-refractivity contribution in [3.05, 3.63) is 74.2 Å². The van der Waals surface area contributed by atoms with Crippen LogP contribution >= 0.6 is 15.9 Å². The summed E-state index contributed by atoms with van der Waals surface area (Å²) in [5, 5.41) is 11.1. The Labute approximate surface area is 150 Å². The van der Waals surface area contributed by atoms with Crippen molar-refractivity contribution < 1.29 is 14.7 Å². The third-order valence-electron chi connectivity index (χ3n) is 4.64. The van der Waals surface area contributed by atoms with Crippen molar-refractivity contribution in [1.29, 1.82) is 0 Å². The molecule has 24 heavy (non-hydrogen) atoms. The zero-order chi connectivity index (χ0) is 16.9. The first-order chi connectivity index (χ1) is 11.6. The molecule has 2 aromatic carbocycles. The molecular weight excluding hydrogens is 370 g/mol. The van der Waals surface area contributed by atoms with E-state index in [2.05, 4.69) is 34.1 Å². The zero-order valence-corrected chi connectivity index (χ0v) is 15.1. The summed E-state index contributed by atoms with van der Waals surface area (Å²) in [4.78, 5) is 13.9. The Morgan fingerprint density at radius 2 is 1.62 bits per heavy atom. The summed E-state index contributed by atoms with van der Waals surface area (Å²) in [6.45, 7) is 6.08. The first kappa shape index (κ1) is 17.1. The van der Waals surface area contributed by atoms with E-state index < -0.39 is 0 Å². The Bertz CT molecular complexity index is 715. The third kappa shape index (κ3) is 4.41. The average molecular weight is 392 g/mol. The van der Waals surface area contributed by atoms with Crippen molar-refractivity contribution in [2.45, 2.75) is 13.1 Å². The largest absolute Gasteiger partial charge is 0.322 e.